The second-order valence-corrected chi connectivity index (χ2v) is 4.89. The highest BCUT2D eigenvalue weighted by atomic mass is 35.5. The molecule has 0 fully saturated rings. The molecule has 1 aromatic heterocycles. The third-order valence-corrected chi connectivity index (χ3v) is 3.38. The number of anilines is 1. The number of carbonyl (C=O) groups excluding carboxylic acids is 1. The lowest BCUT2D eigenvalue weighted by Gasteiger charge is -2.04. The second-order valence-electron chi connectivity index (χ2n) is 4.45. The van der Waals surface area contributed by atoms with E-state index in [0.29, 0.717) is 32.7 Å². The summed E-state index contributed by atoms with van der Waals surface area (Å²) in [4.78, 5) is 15.4. The van der Waals surface area contributed by atoms with E-state index in [9.17, 15) is 9.18 Å². The molecule has 1 heterocycles. The van der Waals surface area contributed by atoms with Gasteiger partial charge in [0, 0.05) is 38.9 Å². The fourth-order valence-corrected chi connectivity index (χ4v) is 2.33. The molecule has 0 radical (unpaired) electrons. The molecule has 0 amide bonds. The Bertz CT molecular complexity index is 826. The highest BCUT2D eigenvalue weighted by Crippen LogP contribution is 2.25. The molecule has 3 nitrogen and oxygen atoms in total. The van der Waals surface area contributed by atoms with Gasteiger partial charge in [-0.05, 0) is 36.4 Å². The summed E-state index contributed by atoms with van der Waals surface area (Å²) >= 11 is 5.90. The summed E-state index contributed by atoms with van der Waals surface area (Å²) < 4.78 is 13.1. The van der Waals surface area contributed by atoms with Gasteiger partial charge in [-0.3, -0.25) is 4.79 Å². The lowest BCUT2D eigenvalue weighted by Crippen LogP contribution is -2.04. The zero-order valence-corrected chi connectivity index (χ0v) is 11.0. The predicted octanol–water partition coefficient (Wildman–Crippen LogP) is 3.77. The van der Waals surface area contributed by atoms with Gasteiger partial charge in [0.05, 0.1) is 0 Å². The fourth-order valence-electron chi connectivity index (χ4n) is 2.16. The first-order chi connectivity index (χ1) is 9.56. The molecular formula is C15H10ClFN2O. The molecule has 20 heavy (non-hydrogen) atoms. The lowest BCUT2D eigenvalue weighted by atomic mass is 10.0. The number of aromatic amines is 1. The Balaban J connectivity index is 2.15. The summed E-state index contributed by atoms with van der Waals surface area (Å²) in [6.07, 6.45) is 1.55. The van der Waals surface area contributed by atoms with Gasteiger partial charge < -0.3 is 10.7 Å². The Labute approximate surface area is 119 Å². The van der Waals surface area contributed by atoms with E-state index in [-0.39, 0.29) is 11.6 Å². The second kappa shape index (κ2) is 4.65. The predicted molar refractivity (Wildman–Crippen MR) is 77.6 cm³/mol. The molecule has 0 saturated carbocycles. The van der Waals surface area contributed by atoms with E-state index in [2.05, 4.69) is 4.98 Å². The molecule has 0 aliphatic rings. The maximum Gasteiger partial charge on any atom is 0.197 e. The molecular weight excluding hydrogens is 279 g/mol. The normalized spacial score (nSPS) is 10.9. The summed E-state index contributed by atoms with van der Waals surface area (Å²) in [7, 11) is 0. The zero-order chi connectivity index (χ0) is 14.3. The quantitative estimate of drug-likeness (QED) is 0.557. The minimum atomic E-state index is -0.361. The Morgan fingerprint density at radius 2 is 1.95 bits per heavy atom. The minimum absolute atomic E-state index is 0.247. The maximum atomic E-state index is 13.1. The van der Waals surface area contributed by atoms with Crippen LogP contribution in [0.15, 0.2) is 42.6 Å². The van der Waals surface area contributed by atoms with Gasteiger partial charge in [-0.15, -0.1) is 0 Å². The molecule has 3 N–H and O–H groups in total. The number of halogens is 2. The number of ketones is 1. The number of hydrogen-bond donors (Lipinski definition) is 2. The molecule has 0 unspecified atom stereocenters. The minimum Gasteiger partial charge on any atom is -0.398 e. The van der Waals surface area contributed by atoms with Crippen LogP contribution < -0.4 is 5.73 Å². The van der Waals surface area contributed by atoms with Crippen molar-refractivity contribution < 1.29 is 9.18 Å². The third kappa shape index (κ3) is 2.04. The van der Waals surface area contributed by atoms with Crippen LogP contribution in [-0.2, 0) is 0 Å². The number of H-pyrrole nitrogens is 1. The van der Waals surface area contributed by atoms with Crippen LogP contribution in [0.4, 0.5) is 10.1 Å². The first-order valence-corrected chi connectivity index (χ1v) is 6.30. The van der Waals surface area contributed by atoms with E-state index >= 15 is 0 Å². The van der Waals surface area contributed by atoms with Crippen molar-refractivity contribution in [1.82, 2.24) is 4.98 Å². The van der Waals surface area contributed by atoms with Gasteiger partial charge >= 0.3 is 0 Å². The number of nitrogens with one attached hydrogen (secondary N) is 1. The van der Waals surface area contributed by atoms with Crippen LogP contribution in [-0.4, -0.2) is 10.8 Å². The fraction of sp³-hybridized carbons (Fsp3) is 0. The van der Waals surface area contributed by atoms with Crippen molar-refractivity contribution in [3.05, 3.63) is 64.6 Å². The molecule has 5 heteroatoms. The molecule has 0 aliphatic carbocycles. The molecule has 0 saturated heterocycles. The van der Waals surface area contributed by atoms with Crippen molar-refractivity contribution in [3.8, 4) is 0 Å². The molecule has 2 aromatic carbocycles. The van der Waals surface area contributed by atoms with Gasteiger partial charge in [0.1, 0.15) is 5.82 Å². The van der Waals surface area contributed by atoms with Crippen molar-refractivity contribution in [2.75, 3.05) is 5.73 Å². The largest absolute Gasteiger partial charge is 0.398 e. The molecule has 0 spiro atoms. The highest BCUT2D eigenvalue weighted by molar-refractivity contribution is 6.31. The van der Waals surface area contributed by atoms with E-state index in [1.54, 1.807) is 24.4 Å². The van der Waals surface area contributed by atoms with E-state index in [1.165, 1.54) is 18.2 Å². The third-order valence-electron chi connectivity index (χ3n) is 3.15. The van der Waals surface area contributed by atoms with Gasteiger partial charge in [-0.1, -0.05) is 11.6 Å². The highest BCUT2D eigenvalue weighted by Gasteiger charge is 2.17. The van der Waals surface area contributed by atoms with Gasteiger partial charge in [-0.2, -0.15) is 0 Å². The van der Waals surface area contributed by atoms with Crippen LogP contribution in [0.25, 0.3) is 10.9 Å². The average Bonchev–Trinajstić information content (AvgIpc) is 2.83. The van der Waals surface area contributed by atoms with E-state index < -0.39 is 0 Å². The Hall–Kier alpha value is -2.33. The van der Waals surface area contributed by atoms with Crippen LogP contribution in [0.5, 0.6) is 0 Å². The van der Waals surface area contributed by atoms with Gasteiger partial charge in [-0.25, -0.2) is 4.39 Å². The van der Waals surface area contributed by atoms with Crippen molar-refractivity contribution in [2.45, 2.75) is 0 Å². The Morgan fingerprint density at radius 1 is 1.15 bits per heavy atom. The smallest absolute Gasteiger partial charge is 0.197 e. The number of benzene rings is 2. The van der Waals surface area contributed by atoms with Crippen LogP contribution in [0, 0.1) is 5.82 Å². The topological polar surface area (TPSA) is 58.9 Å². The average molecular weight is 289 g/mol. The van der Waals surface area contributed by atoms with E-state index in [4.69, 9.17) is 17.3 Å². The van der Waals surface area contributed by atoms with Crippen molar-refractivity contribution >= 4 is 34.0 Å². The molecule has 0 atom stereocenters. The summed E-state index contributed by atoms with van der Waals surface area (Å²) in [6, 6.07) is 8.96. The van der Waals surface area contributed by atoms with Crippen LogP contribution in [0.3, 0.4) is 0 Å². The number of aromatic nitrogens is 1. The number of carbonyl (C=O) groups is 1. The monoisotopic (exact) mass is 288 g/mol. The van der Waals surface area contributed by atoms with Gasteiger partial charge in [0.2, 0.25) is 0 Å². The maximum absolute atomic E-state index is 13.1. The van der Waals surface area contributed by atoms with E-state index in [1.807, 2.05) is 0 Å². The summed E-state index contributed by atoms with van der Waals surface area (Å²) in [5.41, 5.74) is 7.51. The number of hydrogen-bond acceptors (Lipinski definition) is 2. The van der Waals surface area contributed by atoms with Crippen molar-refractivity contribution in [1.29, 1.82) is 0 Å². The Morgan fingerprint density at radius 3 is 2.75 bits per heavy atom. The number of nitrogens with two attached hydrogens (primary N) is 1. The number of fused-ring (bicyclic) bond motifs is 1. The zero-order valence-electron chi connectivity index (χ0n) is 10.3. The van der Waals surface area contributed by atoms with E-state index in [0.717, 1.165) is 0 Å². The van der Waals surface area contributed by atoms with Crippen molar-refractivity contribution in [2.24, 2.45) is 0 Å². The standard InChI is InChI=1S/C15H10ClFN2O/c16-8-1-4-13(18)11(5-8)15(20)12-7-19-14-6-9(17)2-3-10(12)14/h1-7,19H,18H2. The first-order valence-electron chi connectivity index (χ1n) is 5.92. The first kappa shape index (κ1) is 12.7. The molecule has 100 valence electrons. The SMILES string of the molecule is Nc1ccc(Cl)cc1C(=O)c1c[nH]c2cc(F)ccc12. The summed E-state index contributed by atoms with van der Waals surface area (Å²) in [5.74, 6) is -0.608. The molecule has 0 bridgehead atoms. The van der Waals surface area contributed by atoms with Gasteiger partial charge in [0.25, 0.3) is 0 Å². The molecule has 0 aliphatic heterocycles. The summed E-state index contributed by atoms with van der Waals surface area (Å²) in [5, 5.41) is 1.09. The van der Waals surface area contributed by atoms with Crippen LogP contribution >= 0.6 is 11.6 Å². The van der Waals surface area contributed by atoms with Crippen LogP contribution in [0.1, 0.15) is 15.9 Å². The van der Waals surface area contributed by atoms with Crippen molar-refractivity contribution in [3.63, 3.8) is 0 Å². The number of nitrogen functional groups attached to an aromatic ring is 1. The van der Waals surface area contributed by atoms with Gasteiger partial charge in [0.15, 0.2) is 5.78 Å². The number of rotatable bonds is 2. The molecule has 3 rings (SSSR count). The summed E-state index contributed by atoms with van der Waals surface area (Å²) in [6.45, 7) is 0. The van der Waals surface area contributed by atoms with Crippen LogP contribution in [0.2, 0.25) is 5.02 Å². The molecule has 3 aromatic rings. The lowest BCUT2D eigenvalue weighted by molar-refractivity contribution is 0.104. The Kier molecular flexibility index (Phi) is 2.95.